The van der Waals surface area contributed by atoms with Crippen molar-refractivity contribution in [3.8, 4) is 5.75 Å². The summed E-state index contributed by atoms with van der Waals surface area (Å²) in [5.41, 5.74) is -0.0875. The number of hydrogen-bond donors (Lipinski definition) is 1. The molecule has 0 saturated carbocycles. The van der Waals surface area contributed by atoms with Crippen LogP contribution in [0.2, 0.25) is 5.02 Å². The topological polar surface area (TPSA) is 64.4 Å². The van der Waals surface area contributed by atoms with E-state index >= 15 is 0 Å². The van der Waals surface area contributed by atoms with Crippen LogP contribution in [0.15, 0.2) is 18.2 Å². The second kappa shape index (κ2) is 5.33. The van der Waals surface area contributed by atoms with Gasteiger partial charge in [-0.2, -0.15) is 0 Å². The van der Waals surface area contributed by atoms with Crippen molar-refractivity contribution in [2.45, 2.75) is 18.9 Å². The van der Waals surface area contributed by atoms with Crippen molar-refractivity contribution in [3.05, 3.63) is 33.3 Å². The monoisotopic (exact) mass is 256 g/mol. The van der Waals surface area contributed by atoms with Gasteiger partial charge in [-0.1, -0.05) is 11.6 Å². The van der Waals surface area contributed by atoms with Gasteiger partial charge in [0, 0.05) is 17.1 Å². The zero-order valence-electron chi connectivity index (χ0n) is 9.19. The molecule has 1 saturated heterocycles. The highest BCUT2D eigenvalue weighted by Gasteiger charge is 2.19. The molecule has 1 aliphatic heterocycles. The number of nitrogens with zero attached hydrogens (tertiary/aromatic N) is 1. The summed E-state index contributed by atoms with van der Waals surface area (Å²) < 4.78 is 5.47. The zero-order chi connectivity index (χ0) is 12.3. The molecule has 0 unspecified atom stereocenters. The number of rotatable bonds is 4. The molecule has 1 atom stereocenters. The Balaban J connectivity index is 2.06. The van der Waals surface area contributed by atoms with Gasteiger partial charge < -0.3 is 10.1 Å². The number of ether oxygens (including phenoxy) is 1. The molecule has 0 aliphatic carbocycles. The lowest BCUT2D eigenvalue weighted by molar-refractivity contribution is -0.385. The Morgan fingerprint density at radius 1 is 1.59 bits per heavy atom. The first kappa shape index (κ1) is 12.1. The van der Waals surface area contributed by atoms with Crippen molar-refractivity contribution in [2.24, 2.45) is 0 Å². The molecule has 0 spiro atoms. The number of nitro benzene ring substituents is 1. The van der Waals surface area contributed by atoms with Gasteiger partial charge in [-0.3, -0.25) is 10.1 Å². The largest absolute Gasteiger partial charge is 0.485 e. The van der Waals surface area contributed by atoms with Crippen LogP contribution in [0.1, 0.15) is 12.8 Å². The Morgan fingerprint density at radius 2 is 2.41 bits per heavy atom. The molecule has 17 heavy (non-hydrogen) atoms. The van der Waals surface area contributed by atoms with E-state index in [2.05, 4.69) is 5.32 Å². The fraction of sp³-hybridized carbons (Fsp3) is 0.455. The summed E-state index contributed by atoms with van der Waals surface area (Å²) in [6.45, 7) is 1.43. The van der Waals surface area contributed by atoms with Crippen LogP contribution in [0.4, 0.5) is 5.69 Å². The van der Waals surface area contributed by atoms with Crippen LogP contribution in [0.25, 0.3) is 0 Å². The van der Waals surface area contributed by atoms with Gasteiger partial charge in [0.05, 0.1) is 4.92 Å². The minimum atomic E-state index is -0.483. The molecule has 1 heterocycles. The standard InChI is InChI=1S/C11H13ClN2O3/c12-8-3-4-11(10(6-8)14(15)16)17-7-9-2-1-5-13-9/h3-4,6,9,13H,1-2,5,7H2/t9-/m0/s1. The highest BCUT2D eigenvalue weighted by atomic mass is 35.5. The van der Waals surface area contributed by atoms with E-state index in [9.17, 15) is 10.1 Å². The van der Waals surface area contributed by atoms with Gasteiger partial charge in [-0.25, -0.2) is 0 Å². The lowest BCUT2D eigenvalue weighted by Crippen LogP contribution is -2.28. The molecule has 1 aliphatic rings. The number of hydrogen-bond acceptors (Lipinski definition) is 4. The van der Waals surface area contributed by atoms with E-state index in [0.29, 0.717) is 11.6 Å². The Hall–Kier alpha value is -1.33. The van der Waals surface area contributed by atoms with Gasteiger partial charge >= 0.3 is 5.69 Å². The van der Waals surface area contributed by atoms with Gasteiger partial charge in [0.2, 0.25) is 0 Å². The average molecular weight is 257 g/mol. The van der Waals surface area contributed by atoms with Crippen LogP contribution >= 0.6 is 11.6 Å². The Bertz CT molecular complexity index is 419. The van der Waals surface area contributed by atoms with Crippen molar-refractivity contribution in [1.29, 1.82) is 0 Å². The molecule has 1 aromatic rings. The Labute approximate surface area is 104 Å². The predicted octanol–water partition coefficient (Wildman–Crippen LogP) is 2.38. The molecular formula is C11H13ClN2O3. The van der Waals surface area contributed by atoms with E-state index in [1.54, 1.807) is 6.07 Å². The second-order valence-corrected chi connectivity index (χ2v) is 4.41. The van der Waals surface area contributed by atoms with Crippen LogP contribution in [-0.2, 0) is 0 Å². The lowest BCUT2D eigenvalue weighted by Gasteiger charge is -2.12. The van der Waals surface area contributed by atoms with E-state index in [1.807, 2.05) is 0 Å². The molecule has 0 aromatic heterocycles. The molecule has 92 valence electrons. The molecule has 1 N–H and O–H groups in total. The summed E-state index contributed by atoms with van der Waals surface area (Å²) in [6.07, 6.45) is 2.16. The maximum atomic E-state index is 10.8. The summed E-state index contributed by atoms with van der Waals surface area (Å²) in [5.74, 6) is 0.271. The van der Waals surface area contributed by atoms with Crippen LogP contribution < -0.4 is 10.1 Å². The van der Waals surface area contributed by atoms with Crippen molar-refractivity contribution >= 4 is 17.3 Å². The van der Waals surface area contributed by atoms with Gasteiger partial charge in [-0.05, 0) is 31.5 Å². The average Bonchev–Trinajstić information content (AvgIpc) is 2.80. The van der Waals surface area contributed by atoms with E-state index in [1.165, 1.54) is 12.1 Å². The molecule has 1 aromatic carbocycles. The molecule has 0 bridgehead atoms. The van der Waals surface area contributed by atoms with Crippen LogP contribution in [-0.4, -0.2) is 24.1 Å². The number of nitro groups is 1. The summed E-state index contributed by atoms with van der Waals surface area (Å²) in [6, 6.07) is 4.71. The van der Waals surface area contributed by atoms with Crippen LogP contribution in [0.5, 0.6) is 5.75 Å². The second-order valence-electron chi connectivity index (χ2n) is 3.97. The molecule has 5 nitrogen and oxygen atoms in total. The normalized spacial score (nSPS) is 19.2. The van der Waals surface area contributed by atoms with E-state index < -0.39 is 4.92 Å². The van der Waals surface area contributed by atoms with E-state index in [4.69, 9.17) is 16.3 Å². The van der Waals surface area contributed by atoms with E-state index in [-0.39, 0.29) is 17.5 Å². The minimum absolute atomic E-state index is 0.0875. The maximum absolute atomic E-state index is 10.8. The summed E-state index contributed by atoms with van der Waals surface area (Å²) in [7, 11) is 0. The molecule has 1 fully saturated rings. The Morgan fingerprint density at radius 3 is 3.06 bits per heavy atom. The highest BCUT2D eigenvalue weighted by Crippen LogP contribution is 2.30. The third-order valence-electron chi connectivity index (χ3n) is 2.72. The number of halogens is 1. The highest BCUT2D eigenvalue weighted by molar-refractivity contribution is 6.30. The third kappa shape index (κ3) is 3.08. The number of benzene rings is 1. The molecule has 2 rings (SSSR count). The van der Waals surface area contributed by atoms with Crippen molar-refractivity contribution in [1.82, 2.24) is 5.32 Å². The first-order chi connectivity index (χ1) is 8.16. The Kier molecular flexibility index (Phi) is 3.81. The van der Waals surface area contributed by atoms with Crippen LogP contribution in [0.3, 0.4) is 0 Å². The fourth-order valence-electron chi connectivity index (χ4n) is 1.84. The van der Waals surface area contributed by atoms with Crippen molar-refractivity contribution < 1.29 is 9.66 Å². The molecule has 0 amide bonds. The summed E-state index contributed by atoms with van der Waals surface area (Å²) in [4.78, 5) is 10.3. The molecule has 0 radical (unpaired) electrons. The fourth-order valence-corrected chi connectivity index (χ4v) is 2.01. The zero-order valence-corrected chi connectivity index (χ0v) is 9.94. The first-order valence-corrected chi connectivity index (χ1v) is 5.85. The molecular weight excluding hydrogens is 244 g/mol. The SMILES string of the molecule is O=[N+]([O-])c1cc(Cl)ccc1OC[C@@H]1CCCN1. The van der Waals surface area contributed by atoms with Crippen molar-refractivity contribution in [3.63, 3.8) is 0 Å². The van der Waals surface area contributed by atoms with Gasteiger partial charge in [-0.15, -0.1) is 0 Å². The van der Waals surface area contributed by atoms with Crippen LogP contribution in [0, 0.1) is 10.1 Å². The van der Waals surface area contributed by atoms with Gasteiger partial charge in [0.1, 0.15) is 6.61 Å². The third-order valence-corrected chi connectivity index (χ3v) is 2.96. The lowest BCUT2D eigenvalue weighted by atomic mass is 10.2. The number of nitrogens with one attached hydrogen (secondary N) is 1. The van der Waals surface area contributed by atoms with Gasteiger partial charge in [0.25, 0.3) is 0 Å². The summed E-state index contributed by atoms with van der Waals surface area (Å²) in [5, 5.41) is 14.4. The summed E-state index contributed by atoms with van der Waals surface area (Å²) >= 11 is 5.72. The minimum Gasteiger partial charge on any atom is -0.485 e. The van der Waals surface area contributed by atoms with Crippen molar-refractivity contribution in [2.75, 3.05) is 13.2 Å². The quantitative estimate of drug-likeness (QED) is 0.664. The predicted molar refractivity (Wildman–Crippen MR) is 64.6 cm³/mol. The maximum Gasteiger partial charge on any atom is 0.312 e. The smallest absolute Gasteiger partial charge is 0.312 e. The van der Waals surface area contributed by atoms with Gasteiger partial charge in [0.15, 0.2) is 5.75 Å². The first-order valence-electron chi connectivity index (χ1n) is 5.47. The molecule has 6 heteroatoms. The van der Waals surface area contributed by atoms with E-state index in [0.717, 1.165) is 19.4 Å².